The van der Waals surface area contributed by atoms with E-state index >= 15 is 0 Å². The molecule has 1 atom stereocenters. The molecule has 1 saturated heterocycles. The number of likely N-dealkylation sites (tertiary alicyclic amines) is 1. The van der Waals surface area contributed by atoms with Gasteiger partial charge < -0.3 is 14.8 Å². The number of nitrogens with zero attached hydrogens (tertiary/aromatic N) is 3. The van der Waals surface area contributed by atoms with Gasteiger partial charge in [-0.15, -0.1) is 0 Å². The number of nitrogens with one attached hydrogen (secondary N) is 1. The molecular formula is C16H22N4O3. The summed E-state index contributed by atoms with van der Waals surface area (Å²) in [4.78, 5) is 46.9. The lowest BCUT2D eigenvalue weighted by molar-refractivity contribution is -0.143. The van der Waals surface area contributed by atoms with Crippen molar-refractivity contribution < 1.29 is 9.59 Å². The van der Waals surface area contributed by atoms with Crippen LogP contribution in [0, 0.1) is 5.92 Å². The Hall–Kier alpha value is -2.18. The van der Waals surface area contributed by atoms with E-state index in [1.54, 1.807) is 9.80 Å². The maximum atomic E-state index is 12.8. The summed E-state index contributed by atoms with van der Waals surface area (Å²) in [5.74, 6) is 0.0320. The van der Waals surface area contributed by atoms with Gasteiger partial charge >= 0.3 is 0 Å². The lowest BCUT2D eigenvalue weighted by atomic mass is 9.94. The lowest BCUT2D eigenvalue weighted by Gasteiger charge is -2.36. The summed E-state index contributed by atoms with van der Waals surface area (Å²) in [6.07, 6.45) is 3.95. The molecule has 3 heterocycles. The third-order valence-electron chi connectivity index (χ3n) is 4.66. The first-order valence-electron chi connectivity index (χ1n) is 8.22. The molecule has 23 heavy (non-hydrogen) atoms. The van der Waals surface area contributed by atoms with Gasteiger partial charge in [-0.3, -0.25) is 14.4 Å². The molecule has 2 aliphatic heterocycles. The summed E-state index contributed by atoms with van der Waals surface area (Å²) >= 11 is 0. The predicted molar refractivity (Wildman–Crippen MR) is 83.6 cm³/mol. The predicted octanol–water partition coefficient (Wildman–Crippen LogP) is 0.303. The SMILES string of the molecule is CCCN1C[C@@H](C(=O)N2CCc3nc[nH]c(=O)c3C2)CCC1=O. The van der Waals surface area contributed by atoms with Crippen LogP contribution in [0.5, 0.6) is 0 Å². The zero-order valence-corrected chi connectivity index (χ0v) is 13.4. The van der Waals surface area contributed by atoms with Crippen molar-refractivity contribution in [3.8, 4) is 0 Å². The fourth-order valence-corrected chi connectivity index (χ4v) is 3.40. The second kappa shape index (κ2) is 6.52. The number of aromatic amines is 1. The van der Waals surface area contributed by atoms with E-state index in [9.17, 15) is 14.4 Å². The monoisotopic (exact) mass is 318 g/mol. The molecule has 0 spiro atoms. The minimum Gasteiger partial charge on any atom is -0.342 e. The lowest BCUT2D eigenvalue weighted by Crippen LogP contribution is -2.49. The largest absolute Gasteiger partial charge is 0.342 e. The maximum absolute atomic E-state index is 12.8. The van der Waals surface area contributed by atoms with Crippen LogP contribution >= 0.6 is 0 Å². The summed E-state index contributed by atoms with van der Waals surface area (Å²) in [5, 5.41) is 0. The highest BCUT2D eigenvalue weighted by Gasteiger charge is 2.34. The Balaban J connectivity index is 1.71. The molecule has 1 fully saturated rings. The van der Waals surface area contributed by atoms with Crippen LogP contribution in [0.2, 0.25) is 0 Å². The number of hydrogen-bond donors (Lipinski definition) is 1. The Kier molecular flexibility index (Phi) is 4.45. The smallest absolute Gasteiger partial charge is 0.255 e. The molecule has 2 aliphatic rings. The molecule has 0 bridgehead atoms. The summed E-state index contributed by atoms with van der Waals surface area (Å²) in [6, 6.07) is 0. The molecule has 7 nitrogen and oxygen atoms in total. The van der Waals surface area contributed by atoms with Gasteiger partial charge in [0.25, 0.3) is 5.56 Å². The molecular weight excluding hydrogens is 296 g/mol. The van der Waals surface area contributed by atoms with Crippen LogP contribution in [0.3, 0.4) is 0 Å². The van der Waals surface area contributed by atoms with Gasteiger partial charge in [0.1, 0.15) is 0 Å². The van der Waals surface area contributed by atoms with Gasteiger partial charge in [-0.2, -0.15) is 0 Å². The first kappa shape index (κ1) is 15.7. The van der Waals surface area contributed by atoms with Crippen molar-refractivity contribution in [3.63, 3.8) is 0 Å². The van der Waals surface area contributed by atoms with Crippen LogP contribution in [-0.2, 0) is 22.6 Å². The van der Waals surface area contributed by atoms with Crippen LogP contribution < -0.4 is 5.56 Å². The molecule has 7 heteroatoms. The number of carbonyl (C=O) groups is 2. The van der Waals surface area contributed by atoms with Crippen LogP contribution in [0.15, 0.2) is 11.1 Å². The molecule has 0 unspecified atom stereocenters. The van der Waals surface area contributed by atoms with Crippen LogP contribution in [0.1, 0.15) is 37.4 Å². The number of amides is 2. The number of fused-ring (bicyclic) bond motifs is 1. The Morgan fingerprint density at radius 2 is 2.22 bits per heavy atom. The maximum Gasteiger partial charge on any atom is 0.255 e. The van der Waals surface area contributed by atoms with Gasteiger partial charge in [-0.1, -0.05) is 6.92 Å². The molecule has 1 N–H and O–H groups in total. The van der Waals surface area contributed by atoms with E-state index in [0.717, 1.165) is 12.1 Å². The quantitative estimate of drug-likeness (QED) is 0.868. The van der Waals surface area contributed by atoms with E-state index in [-0.39, 0.29) is 23.3 Å². The second-order valence-corrected chi connectivity index (χ2v) is 6.24. The molecule has 0 aliphatic carbocycles. The molecule has 2 amide bonds. The number of hydrogen-bond acceptors (Lipinski definition) is 4. The normalized spacial score (nSPS) is 21.3. The van der Waals surface area contributed by atoms with E-state index in [0.29, 0.717) is 51.0 Å². The van der Waals surface area contributed by atoms with Crippen molar-refractivity contribution in [2.45, 2.75) is 39.2 Å². The minimum absolute atomic E-state index is 0.0486. The fraction of sp³-hybridized carbons (Fsp3) is 0.625. The third kappa shape index (κ3) is 3.13. The Morgan fingerprint density at radius 1 is 1.39 bits per heavy atom. The van der Waals surface area contributed by atoms with Crippen LogP contribution in [0.25, 0.3) is 0 Å². The van der Waals surface area contributed by atoms with Crippen molar-refractivity contribution in [2.24, 2.45) is 5.92 Å². The number of H-pyrrole nitrogens is 1. The van der Waals surface area contributed by atoms with Gasteiger partial charge in [0.05, 0.1) is 30.0 Å². The van der Waals surface area contributed by atoms with E-state index in [1.165, 1.54) is 6.33 Å². The average molecular weight is 318 g/mol. The molecule has 0 radical (unpaired) electrons. The number of piperidine rings is 1. The Labute approximate surface area is 134 Å². The van der Waals surface area contributed by atoms with Crippen molar-refractivity contribution in [1.82, 2.24) is 19.8 Å². The van der Waals surface area contributed by atoms with Gasteiger partial charge in [-0.25, -0.2) is 4.98 Å². The Morgan fingerprint density at radius 3 is 3.00 bits per heavy atom. The number of rotatable bonds is 3. The second-order valence-electron chi connectivity index (χ2n) is 6.24. The average Bonchev–Trinajstić information content (AvgIpc) is 2.56. The highest BCUT2D eigenvalue weighted by molar-refractivity contribution is 5.84. The standard InChI is InChI=1S/C16H22N4O3/c1-2-6-19-8-11(3-4-14(19)21)16(23)20-7-5-13-12(9-20)15(22)18-10-17-13/h10-11H,2-9H2,1H3,(H,17,18,22)/t11-/m0/s1. The van der Waals surface area contributed by atoms with E-state index in [1.807, 2.05) is 6.92 Å². The number of carbonyl (C=O) groups excluding carboxylic acids is 2. The molecule has 0 aromatic carbocycles. The summed E-state index contributed by atoms with van der Waals surface area (Å²) in [7, 11) is 0. The molecule has 124 valence electrons. The van der Waals surface area contributed by atoms with Crippen molar-refractivity contribution >= 4 is 11.8 Å². The zero-order valence-electron chi connectivity index (χ0n) is 13.4. The topological polar surface area (TPSA) is 86.4 Å². The zero-order chi connectivity index (χ0) is 16.4. The van der Waals surface area contributed by atoms with E-state index in [2.05, 4.69) is 9.97 Å². The van der Waals surface area contributed by atoms with Gasteiger partial charge in [-0.05, 0) is 12.8 Å². The first-order chi connectivity index (χ1) is 11.1. The Bertz CT molecular complexity index is 670. The first-order valence-corrected chi connectivity index (χ1v) is 8.22. The minimum atomic E-state index is -0.168. The van der Waals surface area contributed by atoms with Gasteiger partial charge in [0.2, 0.25) is 11.8 Å². The molecule has 1 aromatic rings. The number of aromatic nitrogens is 2. The molecule has 3 rings (SSSR count). The van der Waals surface area contributed by atoms with Crippen LogP contribution in [-0.4, -0.2) is 51.2 Å². The summed E-state index contributed by atoms with van der Waals surface area (Å²) < 4.78 is 0. The molecule has 0 saturated carbocycles. The van der Waals surface area contributed by atoms with E-state index < -0.39 is 0 Å². The van der Waals surface area contributed by atoms with Gasteiger partial charge in [0, 0.05) is 32.5 Å². The van der Waals surface area contributed by atoms with Crippen molar-refractivity contribution in [1.29, 1.82) is 0 Å². The van der Waals surface area contributed by atoms with Crippen molar-refractivity contribution in [2.75, 3.05) is 19.6 Å². The van der Waals surface area contributed by atoms with Gasteiger partial charge in [0.15, 0.2) is 0 Å². The fourth-order valence-electron chi connectivity index (χ4n) is 3.40. The van der Waals surface area contributed by atoms with Crippen molar-refractivity contribution in [3.05, 3.63) is 27.9 Å². The summed E-state index contributed by atoms with van der Waals surface area (Å²) in [5.41, 5.74) is 1.20. The summed E-state index contributed by atoms with van der Waals surface area (Å²) in [6.45, 7) is 4.13. The highest BCUT2D eigenvalue weighted by Crippen LogP contribution is 2.23. The molecule has 1 aromatic heterocycles. The third-order valence-corrected chi connectivity index (χ3v) is 4.66. The highest BCUT2D eigenvalue weighted by atomic mass is 16.2. The van der Waals surface area contributed by atoms with Crippen LogP contribution in [0.4, 0.5) is 0 Å². The van der Waals surface area contributed by atoms with E-state index in [4.69, 9.17) is 0 Å².